The summed E-state index contributed by atoms with van der Waals surface area (Å²) in [6.07, 6.45) is 2.63. The maximum absolute atomic E-state index is 12.8. The van der Waals surface area contributed by atoms with Crippen LogP contribution >= 0.6 is 0 Å². The van der Waals surface area contributed by atoms with Gasteiger partial charge >= 0.3 is 0 Å². The molecule has 1 fully saturated rings. The van der Waals surface area contributed by atoms with E-state index in [9.17, 15) is 4.79 Å². The maximum Gasteiger partial charge on any atom is 0.231 e. The molecule has 2 aromatic carbocycles. The van der Waals surface area contributed by atoms with Crippen LogP contribution in [0.2, 0.25) is 0 Å². The largest absolute Gasteiger partial charge is 0.354 e. The van der Waals surface area contributed by atoms with Gasteiger partial charge in [0.2, 0.25) is 5.91 Å². The predicted octanol–water partition coefficient (Wildman–Crippen LogP) is 4.54. The van der Waals surface area contributed by atoms with Gasteiger partial charge in [0.25, 0.3) is 0 Å². The molecule has 0 unspecified atom stereocenters. The highest BCUT2D eigenvalue weighted by Gasteiger charge is 2.19. The number of amides is 1. The Balaban J connectivity index is 1.29. The average molecular weight is 415 g/mol. The molecule has 0 aliphatic carbocycles. The number of hydrogen-bond acceptors (Lipinski definition) is 4. The molecule has 0 bridgehead atoms. The monoisotopic (exact) mass is 414 g/mol. The first kappa shape index (κ1) is 21.1. The summed E-state index contributed by atoms with van der Waals surface area (Å²) < 4.78 is 0. The third-order valence-electron chi connectivity index (χ3n) is 5.90. The van der Waals surface area contributed by atoms with Crippen LogP contribution in [0.3, 0.4) is 0 Å². The van der Waals surface area contributed by atoms with Crippen LogP contribution in [0, 0.1) is 0 Å². The number of carbonyl (C=O) groups is 1. The normalized spacial score (nSPS) is 15.5. The lowest BCUT2D eigenvalue weighted by Gasteiger charge is -2.35. The number of rotatable bonds is 7. The van der Waals surface area contributed by atoms with Gasteiger partial charge in [-0.3, -0.25) is 9.69 Å². The van der Waals surface area contributed by atoms with Gasteiger partial charge in [0.15, 0.2) is 0 Å². The van der Waals surface area contributed by atoms with Crippen molar-refractivity contribution in [2.24, 2.45) is 0 Å². The van der Waals surface area contributed by atoms with Gasteiger partial charge in [-0.1, -0.05) is 55.5 Å². The summed E-state index contributed by atoms with van der Waals surface area (Å²) in [6, 6.07) is 24.3. The highest BCUT2D eigenvalue weighted by Crippen LogP contribution is 2.22. The maximum atomic E-state index is 12.8. The van der Waals surface area contributed by atoms with E-state index < -0.39 is 0 Å². The summed E-state index contributed by atoms with van der Waals surface area (Å²) in [5.74, 6) is 0.978. The van der Waals surface area contributed by atoms with Crippen LogP contribution in [-0.4, -0.2) is 42.0 Å². The Morgan fingerprint density at radius 2 is 1.65 bits per heavy atom. The van der Waals surface area contributed by atoms with Crippen molar-refractivity contribution in [2.45, 2.75) is 25.8 Å². The molecule has 0 spiro atoms. The van der Waals surface area contributed by atoms with E-state index >= 15 is 0 Å². The minimum absolute atomic E-state index is 0.0482. The van der Waals surface area contributed by atoms with Gasteiger partial charge in [-0.2, -0.15) is 0 Å². The highest BCUT2D eigenvalue weighted by atomic mass is 16.1. The minimum atomic E-state index is -0.128. The Morgan fingerprint density at radius 1 is 0.935 bits per heavy atom. The molecule has 160 valence electrons. The molecule has 0 saturated carbocycles. The Labute approximate surface area is 184 Å². The van der Waals surface area contributed by atoms with Crippen LogP contribution in [0.15, 0.2) is 79.0 Å². The molecule has 1 N–H and O–H groups in total. The fraction of sp³-hybridized carbons (Fsp3) is 0.308. The third-order valence-corrected chi connectivity index (χ3v) is 5.90. The fourth-order valence-electron chi connectivity index (χ4n) is 4.11. The fourth-order valence-corrected chi connectivity index (χ4v) is 4.11. The van der Waals surface area contributed by atoms with Crippen LogP contribution in [0.25, 0.3) is 0 Å². The minimum Gasteiger partial charge on any atom is -0.354 e. The van der Waals surface area contributed by atoms with Crippen molar-refractivity contribution >= 4 is 17.4 Å². The summed E-state index contributed by atoms with van der Waals surface area (Å²) >= 11 is 0. The van der Waals surface area contributed by atoms with Crippen molar-refractivity contribution < 1.29 is 4.79 Å². The van der Waals surface area contributed by atoms with E-state index in [1.807, 2.05) is 67.7 Å². The van der Waals surface area contributed by atoms with Crippen LogP contribution in [0.4, 0.5) is 11.5 Å². The van der Waals surface area contributed by atoms with Crippen molar-refractivity contribution in [1.29, 1.82) is 0 Å². The molecule has 1 aliphatic heterocycles. The van der Waals surface area contributed by atoms with Gasteiger partial charge in [-0.25, -0.2) is 4.98 Å². The summed E-state index contributed by atoms with van der Waals surface area (Å²) in [7, 11) is 0. The first-order chi connectivity index (χ1) is 15.2. The van der Waals surface area contributed by atoms with Crippen molar-refractivity contribution in [3.05, 3.63) is 90.1 Å². The zero-order chi connectivity index (χ0) is 21.5. The first-order valence-corrected chi connectivity index (χ1v) is 11.1. The molecule has 0 radical (unpaired) electrons. The molecule has 4 rings (SSSR count). The van der Waals surface area contributed by atoms with E-state index in [0.717, 1.165) is 56.2 Å². The lowest BCUT2D eigenvalue weighted by atomic mass is 9.95. The van der Waals surface area contributed by atoms with E-state index in [-0.39, 0.29) is 11.8 Å². The quantitative estimate of drug-likeness (QED) is 0.617. The van der Waals surface area contributed by atoms with Crippen LogP contribution < -0.4 is 10.2 Å². The topological polar surface area (TPSA) is 48.5 Å². The van der Waals surface area contributed by atoms with E-state index in [4.69, 9.17) is 0 Å². The second-order valence-corrected chi connectivity index (χ2v) is 8.01. The van der Waals surface area contributed by atoms with Crippen LogP contribution in [0.1, 0.15) is 30.4 Å². The number of aromatic nitrogens is 1. The summed E-state index contributed by atoms with van der Waals surface area (Å²) in [5.41, 5.74) is 3.17. The van der Waals surface area contributed by atoms with E-state index in [1.54, 1.807) is 0 Å². The number of benzene rings is 2. The molecule has 1 atom stereocenters. The number of hydrogen-bond donors (Lipinski definition) is 1. The number of piperazine rings is 1. The molecule has 3 aromatic rings. The molecule has 2 heterocycles. The molecule has 31 heavy (non-hydrogen) atoms. The summed E-state index contributed by atoms with van der Waals surface area (Å²) in [5, 5.41) is 3.08. The average Bonchev–Trinajstić information content (AvgIpc) is 2.83. The van der Waals surface area contributed by atoms with Crippen molar-refractivity contribution in [1.82, 2.24) is 9.88 Å². The second kappa shape index (κ2) is 10.2. The SMILES string of the molecule is CC[C@H](C(=O)Nc1ccc(CN2CCN(c3ccccn3)CC2)cc1)c1ccccc1. The molecule has 5 heteroatoms. The molecule has 1 amide bonds. The number of nitrogens with one attached hydrogen (secondary N) is 1. The summed E-state index contributed by atoms with van der Waals surface area (Å²) in [4.78, 5) is 22.0. The van der Waals surface area contributed by atoms with E-state index in [0.29, 0.717) is 0 Å². The van der Waals surface area contributed by atoms with E-state index in [1.165, 1.54) is 5.56 Å². The smallest absolute Gasteiger partial charge is 0.231 e. The number of pyridine rings is 1. The van der Waals surface area contributed by atoms with Crippen LogP contribution in [0.5, 0.6) is 0 Å². The van der Waals surface area contributed by atoms with Gasteiger partial charge in [-0.15, -0.1) is 0 Å². The predicted molar refractivity (Wildman–Crippen MR) is 126 cm³/mol. The lowest BCUT2D eigenvalue weighted by Crippen LogP contribution is -2.46. The second-order valence-electron chi connectivity index (χ2n) is 8.01. The molecular formula is C26H30N4O. The molecular weight excluding hydrogens is 384 g/mol. The Hall–Kier alpha value is -3.18. The van der Waals surface area contributed by atoms with E-state index in [2.05, 4.69) is 38.3 Å². The molecule has 1 aromatic heterocycles. The van der Waals surface area contributed by atoms with Gasteiger partial charge < -0.3 is 10.2 Å². The Bertz CT molecular complexity index is 952. The number of nitrogens with zero attached hydrogens (tertiary/aromatic N) is 3. The van der Waals surface area contributed by atoms with Gasteiger partial charge in [0, 0.05) is 44.6 Å². The number of anilines is 2. The summed E-state index contributed by atoms with van der Waals surface area (Å²) in [6.45, 7) is 6.99. The van der Waals surface area contributed by atoms with Crippen molar-refractivity contribution in [2.75, 3.05) is 36.4 Å². The van der Waals surface area contributed by atoms with Crippen molar-refractivity contribution in [3.8, 4) is 0 Å². The standard InChI is InChI=1S/C26H30N4O/c1-2-24(22-8-4-3-5-9-22)26(31)28-23-13-11-21(12-14-23)20-29-16-18-30(19-17-29)25-10-6-7-15-27-25/h3-15,24H,2,16-20H2,1H3,(H,28,31)/t24-/m0/s1. The van der Waals surface area contributed by atoms with Gasteiger partial charge in [0.1, 0.15) is 5.82 Å². The highest BCUT2D eigenvalue weighted by molar-refractivity contribution is 5.95. The van der Waals surface area contributed by atoms with Gasteiger partial charge in [-0.05, 0) is 41.8 Å². The van der Waals surface area contributed by atoms with Crippen LogP contribution in [-0.2, 0) is 11.3 Å². The molecule has 1 saturated heterocycles. The zero-order valence-corrected chi connectivity index (χ0v) is 18.1. The van der Waals surface area contributed by atoms with Crippen molar-refractivity contribution in [3.63, 3.8) is 0 Å². The first-order valence-electron chi connectivity index (χ1n) is 11.1. The number of carbonyl (C=O) groups excluding carboxylic acids is 1. The Kier molecular flexibility index (Phi) is 6.95. The lowest BCUT2D eigenvalue weighted by molar-refractivity contribution is -0.117. The van der Waals surface area contributed by atoms with Gasteiger partial charge in [0.05, 0.1) is 5.92 Å². The molecule has 1 aliphatic rings. The third kappa shape index (κ3) is 5.50. The molecule has 5 nitrogen and oxygen atoms in total. The Morgan fingerprint density at radius 3 is 2.29 bits per heavy atom. The zero-order valence-electron chi connectivity index (χ0n) is 18.1.